The number of hydrogen-bond acceptors (Lipinski definition) is 3. The van der Waals surface area contributed by atoms with Gasteiger partial charge in [0.1, 0.15) is 18.4 Å². The average molecular weight is 153 g/mol. The lowest BCUT2D eigenvalue weighted by molar-refractivity contribution is -0.107. The molecule has 0 amide bonds. The van der Waals surface area contributed by atoms with E-state index in [1.165, 1.54) is 6.33 Å². The van der Waals surface area contributed by atoms with E-state index in [0.717, 1.165) is 12.1 Å². The van der Waals surface area contributed by atoms with Gasteiger partial charge in [-0.1, -0.05) is 0 Å². The third-order valence-electron chi connectivity index (χ3n) is 1.40. The SMILES string of the molecule is CC(C)n1ncnc1CC=O. The fourth-order valence-electron chi connectivity index (χ4n) is 0.926. The zero-order valence-electron chi connectivity index (χ0n) is 6.69. The summed E-state index contributed by atoms with van der Waals surface area (Å²) in [7, 11) is 0. The summed E-state index contributed by atoms with van der Waals surface area (Å²) in [5.41, 5.74) is 0. The van der Waals surface area contributed by atoms with Gasteiger partial charge in [0.05, 0.1) is 6.42 Å². The third kappa shape index (κ3) is 1.63. The molecular weight excluding hydrogens is 142 g/mol. The van der Waals surface area contributed by atoms with Crippen molar-refractivity contribution < 1.29 is 4.79 Å². The Kier molecular flexibility index (Phi) is 2.36. The van der Waals surface area contributed by atoms with E-state index in [0.29, 0.717) is 6.42 Å². The predicted molar refractivity (Wildman–Crippen MR) is 40.2 cm³/mol. The Morgan fingerprint density at radius 2 is 2.45 bits per heavy atom. The molecule has 4 nitrogen and oxygen atoms in total. The number of carbonyl (C=O) groups excluding carboxylic acids is 1. The van der Waals surface area contributed by atoms with Crippen LogP contribution in [-0.4, -0.2) is 21.1 Å². The highest BCUT2D eigenvalue weighted by Crippen LogP contribution is 2.04. The van der Waals surface area contributed by atoms with Crippen LogP contribution in [0.3, 0.4) is 0 Å². The molecule has 0 fully saturated rings. The minimum absolute atomic E-state index is 0.271. The number of nitrogens with zero attached hydrogens (tertiary/aromatic N) is 3. The van der Waals surface area contributed by atoms with Crippen molar-refractivity contribution in [2.75, 3.05) is 0 Å². The van der Waals surface area contributed by atoms with Crippen LogP contribution in [0.4, 0.5) is 0 Å². The van der Waals surface area contributed by atoms with Gasteiger partial charge >= 0.3 is 0 Å². The molecule has 0 unspecified atom stereocenters. The first kappa shape index (κ1) is 7.91. The van der Waals surface area contributed by atoms with Gasteiger partial charge in [0.15, 0.2) is 0 Å². The molecule has 0 N–H and O–H groups in total. The van der Waals surface area contributed by atoms with Gasteiger partial charge in [0.25, 0.3) is 0 Å². The summed E-state index contributed by atoms with van der Waals surface area (Å²) >= 11 is 0. The highest BCUT2D eigenvalue weighted by molar-refractivity contribution is 5.52. The Hall–Kier alpha value is -1.19. The van der Waals surface area contributed by atoms with Gasteiger partial charge in [0.2, 0.25) is 0 Å². The number of rotatable bonds is 3. The number of aromatic nitrogens is 3. The van der Waals surface area contributed by atoms with Crippen LogP contribution >= 0.6 is 0 Å². The third-order valence-corrected chi connectivity index (χ3v) is 1.40. The van der Waals surface area contributed by atoms with Gasteiger partial charge < -0.3 is 4.79 Å². The first-order valence-corrected chi connectivity index (χ1v) is 3.57. The standard InChI is InChI=1S/C7H11N3O/c1-6(2)10-7(3-4-11)8-5-9-10/h4-6H,3H2,1-2H3. The number of carbonyl (C=O) groups is 1. The lowest BCUT2D eigenvalue weighted by atomic mass is 10.3. The van der Waals surface area contributed by atoms with Crippen LogP contribution in [0.2, 0.25) is 0 Å². The molecule has 0 aliphatic carbocycles. The van der Waals surface area contributed by atoms with Gasteiger partial charge in [-0.25, -0.2) is 9.67 Å². The quantitative estimate of drug-likeness (QED) is 0.597. The highest BCUT2D eigenvalue weighted by Gasteiger charge is 2.05. The molecule has 0 aliphatic heterocycles. The minimum Gasteiger partial charge on any atom is -0.303 e. The molecule has 1 heterocycles. The lowest BCUT2D eigenvalue weighted by Crippen LogP contribution is -2.08. The molecule has 0 spiro atoms. The topological polar surface area (TPSA) is 47.8 Å². The van der Waals surface area contributed by atoms with Crippen molar-refractivity contribution >= 4 is 6.29 Å². The molecular formula is C7H11N3O. The molecule has 1 rings (SSSR count). The Morgan fingerprint density at radius 1 is 1.73 bits per heavy atom. The molecule has 1 aromatic heterocycles. The Morgan fingerprint density at radius 3 is 3.00 bits per heavy atom. The fourth-order valence-corrected chi connectivity index (χ4v) is 0.926. The molecule has 0 saturated heterocycles. The van der Waals surface area contributed by atoms with Gasteiger partial charge in [-0.3, -0.25) is 0 Å². The van der Waals surface area contributed by atoms with Gasteiger partial charge in [-0.2, -0.15) is 5.10 Å². The monoisotopic (exact) mass is 153 g/mol. The van der Waals surface area contributed by atoms with Crippen molar-refractivity contribution in [2.45, 2.75) is 26.3 Å². The molecule has 0 aliphatic rings. The molecule has 0 radical (unpaired) electrons. The average Bonchev–Trinajstić information content (AvgIpc) is 2.36. The van der Waals surface area contributed by atoms with Crippen LogP contribution in [0.1, 0.15) is 25.7 Å². The molecule has 0 aromatic carbocycles. The van der Waals surface area contributed by atoms with Gasteiger partial charge in [-0.15, -0.1) is 0 Å². The molecule has 4 heteroatoms. The second-order valence-electron chi connectivity index (χ2n) is 2.59. The normalized spacial score (nSPS) is 10.5. The van der Waals surface area contributed by atoms with E-state index < -0.39 is 0 Å². The zero-order chi connectivity index (χ0) is 8.27. The summed E-state index contributed by atoms with van der Waals surface area (Å²) in [4.78, 5) is 14.1. The fraction of sp³-hybridized carbons (Fsp3) is 0.571. The number of hydrogen-bond donors (Lipinski definition) is 0. The summed E-state index contributed by atoms with van der Waals surface area (Å²) in [6.07, 6.45) is 2.65. The van der Waals surface area contributed by atoms with E-state index in [-0.39, 0.29) is 6.04 Å². The molecule has 11 heavy (non-hydrogen) atoms. The maximum atomic E-state index is 10.2. The Bertz CT molecular complexity index is 242. The first-order valence-electron chi connectivity index (χ1n) is 3.57. The lowest BCUT2D eigenvalue weighted by Gasteiger charge is -2.06. The maximum Gasteiger partial charge on any atom is 0.138 e. The van der Waals surface area contributed by atoms with Crippen molar-refractivity contribution in [1.82, 2.24) is 14.8 Å². The van der Waals surface area contributed by atoms with Crippen molar-refractivity contribution in [2.24, 2.45) is 0 Å². The molecule has 0 atom stereocenters. The summed E-state index contributed by atoms with van der Waals surface area (Å²) in [6.45, 7) is 4.01. The van der Waals surface area contributed by atoms with Crippen molar-refractivity contribution in [3.8, 4) is 0 Å². The predicted octanol–water partition coefficient (Wildman–Crippen LogP) is 0.600. The van der Waals surface area contributed by atoms with Crippen molar-refractivity contribution in [1.29, 1.82) is 0 Å². The van der Waals surface area contributed by atoms with E-state index >= 15 is 0 Å². The van der Waals surface area contributed by atoms with E-state index in [1.54, 1.807) is 4.68 Å². The van der Waals surface area contributed by atoms with Crippen molar-refractivity contribution in [3.63, 3.8) is 0 Å². The van der Waals surface area contributed by atoms with Crippen LogP contribution in [0.5, 0.6) is 0 Å². The van der Waals surface area contributed by atoms with Crippen LogP contribution in [-0.2, 0) is 11.2 Å². The second kappa shape index (κ2) is 3.27. The van der Waals surface area contributed by atoms with E-state index in [4.69, 9.17) is 0 Å². The Labute approximate surface area is 65.2 Å². The largest absolute Gasteiger partial charge is 0.303 e. The van der Waals surface area contributed by atoms with Crippen LogP contribution in [0, 0.1) is 0 Å². The van der Waals surface area contributed by atoms with E-state index in [2.05, 4.69) is 10.1 Å². The van der Waals surface area contributed by atoms with Crippen LogP contribution in [0.25, 0.3) is 0 Å². The summed E-state index contributed by atoms with van der Waals surface area (Å²) in [5, 5.41) is 3.98. The van der Waals surface area contributed by atoms with Gasteiger partial charge in [0, 0.05) is 6.04 Å². The van der Waals surface area contributed by atoms with Gasteiger partial charge in [-0.05, 0) is 13.8 Å². The minimum atomic E-state index is 0.271. The number of aldehydes is 1. The smallest absolute Gasteiger partial charge is 0.138 e. The summed E-state index contributed by atoms with van der Waals surface area (Å²) in [5.74, 6) is 0.731. The first-order chi connectivity index (χ1) is 5.25. The Balaban J connectivity index is 2.86. The van der Waals surface area contributed by atoms with Crippen molar-refractivity contribution in [3.05, 3.63) is 12.2 Å². The highest BCUT2D eigenvalue weighted by atomic mass is 16.1. The molecule has 0 bridgehead atoms. The second-order valence-corrected chi connectivity index (χ2v) is 2.59. The van der Waals surface area contributed by atoms with E-state index in [9.17, 15) is 4.79 Å². The molecule has 60 valence electrons. The maximum absolute atomic E-state index is 10.2. The summed E-state index contributed by atoms with van der Waals surface area (Å²) in [6, 6.07) is 0.271. The van der Waals surface area contributed by atoms with Crippen LogP contribution in [0.15, 0.2) is 6.33 Å². The molecule has 1 aromatic rings. The van der Waals surface area contributed by atoms with Crippen LogP contribution < -0.4 is 0 Å². The zero-order valence-corrected chi connectivity index (χ0v) is 6.69. The van der Waals surface area contributed by atoms with E-state index in [1.807, 2.05) is 13.8 Å². The summed E-state index contributed by atoms with van der Waals surface area (Å²) < 4.78 is 1.74. The molecule has 0 saturated carbocycles.